The van der Waals surface area contributed by atoms with E-state index in [0.29, 0.717) is 12.3 Å². The van der Waals surface area contributed by atoms with Crippen molar-refractivity contribution in [3.8, 4) is 0 Å². The summed E-state index contributed by atoms with van der Waals surface area (Å²) in [4.78, 5) is 0. The molecule has 1 aliphatic carbocycles. The topological polar surface area (TPSA) is 20.2 Å². The van der Waals surface area contributed by atoms with E-state index in [1.165, 1.54) is 12.8 Å². The van der Waals surface area contributed by atoms with Gasteiger partial charge in [-0.2, -0.15) is 13.2 Å². The van der Waals surface area contributed by atoms with Crippen molar-refractivity contribution in [2.24, 2.45) is 11.8 Å². The summed E-state index contributed by atoms with van der Waals surface area (Å²) < 4.78 is 38.4. The van der Waals surface area contributed by atoms with Crippen molar-refractivity contribution in [2.45, 2.75) is 83.4 Å². The zero-order valence-corrected chi connectivity index (χ0v) is 12.1. The van der Waals surface area contributed by atoms with Crippen molar-refractivity contribution in [1.29, 1.82) is 0 Å². The molecule has 3 atom stereocenters. The molecule has 0 aromatic carbocycles. The summed E-state index contributed by atoms with van der Waals surface area (Å²) in [5.74, 6) is 0.698. The Labute approximate surface area is 114 Å². The van der Waals surface area contributed by atoms with E-state index < -0.39 is 11.8 Å². The first-order valence-electron chi connectivity index (χ1n) is 7.57. The highest BCUT2D eigenvalue weighted by Gasteiger charge is 2.55. The van der Waals surface area contributed by atoms with Gasteiger partial charge in [0.05, 0.1) is 0 Å². The van der Waals surface area contributed by atoms with Crippen molar-refractivity contribution >= 4 is 0 Å². The van der Waals surface area contributed by atoms with Crippen LogP contribution >= 0.6 is 0 Å². The normalized spacial score (nSPS) is 30.3. The molecule has 1 rings (SSSR count). The Morgan fingerprint density at radius 1 is 1.32 bits per heavy atom. The summed E-state index contributed by atoms with van der Waals surface area (Å²) in [5, 5.41) is 9.75. The Balaban J connectivity index is 2.35. The second kappa shape index (κ2) is 6.96. The van der Waals surface area contributed by atoms with Crippen LogP contribution < -0.4 is 0 Å². The lowest BCUT2D eigenvalue weighted by atomic mass is 9.75. The van der Waals surface area contributed by atoms with Gasteiger partial charge < -0.3 is 5.11 Å². The number of alkyl halides is 3. The van der Waals surface area contributed by atoms with Gasteiger partial charge in [0.1, 0.15) is 0 Å². The van der Waals surface area contributed by atoms with Crippen LogP contribution in [0.15, 0.2) is 0 Å². The minimum atomic E-state index is -4.47. The summed E-state index contributed by atoms with van der Waals surface area (Å²) in [6.45, 7) is 4.36. The minimum absolute atomic E-state index is 0.0363. The van der Waals surface area contributed by atoms with Crippen LogP contribution in [-0.2, 0) is 0 Å². The Morgan fingerprint density at radius 3 is 2.58 bits per heavy atom. The highest BCUT2D eigenvalue weighted by atomic mass is 19.4. The van der Waals surface area contributed by atoms with Gasteiger partial charge in [-0.1, -0.05) is 52.4 Å². The fourth-order valence-corrected chi connectivity index (χ4v) is 3.26. The van der Waals surface area contributed by atoms with Gasteiger partial charge in [0.15, 0.2) is 5.60 Å². The van der Waals surface area contributed by atoms with Gasteiger partial charge >= 0.3 is 6.18 Å². The predicted octanol–water partition coefficient (Wildman–Crippen LogP) is 5.08. The van der Waals surface area contributed by atoms with Crippen LogP contribution in [0.5, 0.6) is 0 Å². The highest BCUT2D eigenvalue weighted by Crippen LogP contribution is 2.44. The zero-order valence-electron chi connectivity index (χ0n) is 12.1. The molecule has 0 spiro atoms. The molecule has 114 valence electrons. The molecule has 0 aromatic rings. The van der Waals surface area contributed by atoms with Gasteiger partial charge in [0, 0.05) is 0 Å². The Morgan fingerprint density at radius 2 is 2.00 bits per heavy atom. The number of hydrogen-bond acceptors (Lipinski definition) is 1. The summed E-state index contributed by atoms with van der Waals surface area (Å²) in [6.07, 6.45) is 1.89. The second-order valence-corrected chi connectivity index (χ2v) is 6.32. The molecule has 0 heterocycles. The van der Waals surface area contributed by atoms with E-state index in [9.17, 15) is 18.3 Å². The molecule has 0 unspecified atom stereocenters. The molecular formula is C15H27F3O. The summed E-state index contributed by atoms with van der Waals surface area (Å²) in [5.41, 5.74) is -2.43. The van der Waals surface area contributed by atoms with Crippen molar-refractivity contribution in [2.75, 3.05) is 0 Å². The van der Waals surface area contributed by atoms with Gasteiger partial charge in [-0.05, 0) is 31.1 Å². The van der Waals surface area contributed by atoms with E-state index in [1.807, 2.05) is 0 Å². The molecule has 1 saturated carbocycles. The van der Waals surface area contributed by atoms with Crippen molar-refractivity contribution in [3.05, 3.63) is 0 Å². The molecule has 4 heteroatoms. The number of aliphatic hydroxyl groups is 1. The maximum absolute atomic E-state index is 12.8. The predicted molar refractivity (Wildman–Crippen MR) is 70.9 cm³/mol. The van der Waals surface area contributed by atoms with E-state index in [-0.39, 0.29) is 18.8 Å². The Bertz CT molecular complexity index is 265. The van der Waals surface area contributed by atoms with Crippen LogP contribution in [0.3, 0.4) is 0 Å². The smallest absolute Gasteiger partial charge is 0.380 e. The average Bonchev–Trinajstić information content (AvgIpc) is 2.28. The molecule has 0 bridgehead atoms. The van der Waals surface area contributed by atoms with Gasteiger partial charge in [-0.3, -0.25) is 0 Å². The van der Waals surface area contributed by atoms with Crippen molar-refractivity contribution in [1.82, 2.24) is 0 Å². The molecule has 0 amide bonds. The van der Waals surface area contributed by atoms with Gasteiger partial charge in [-0.25, -0.2) is 0 Å². The molecular weight excluding hydrogens is 253 g/mol. The van der Waals surface area contributed by atoms with E-state index in [2.05, 4.69) is 13.8 Å². The Kier molecular flexibility index (Phi) is 6.15. The van der Waals surface area contributed by atoms with E-state index >= 15 is 0 Å². The fourth-order valence-electron chi connectivity index (χ4n) is 3.26. The van der Waals surface area contributed by atoms with Gasteiger partial charge in [-0.15, -0.1) is 0 Å². The average molecular weight is 280 g/mol. The van der Waals surface area contributed by atoms with Crippen LogP contribution in [0.1, 0.15) is 71.6 Å². The van der Waals surface area contributed by atoms with Crippen LogP contribution in [-0.4, -0.2) is 16.9 Å². The van der Waals surface area contributed by atoms with Crippen LogP contribution in [0.4, 0.5) is 13.2 Å². The van der Waals surface area contributed by atoms with E-state index in [0.717, 1.165) is 25.7 Å². The van der Waals surface area contributed by atoms with E-state index in [1.54, 1.807) is 0 Å². The summed E-state index contributed by atoms with van der Waals surface area (Å²) in [7, 11) is 0. The molecule has 0 saturated heterocycles. The molecule has 0 aromatic heterocycles. The third kappa shape index (κ3) is 4.97. The lowest BCUT2D eigenvalue weighted by molar-refractivity contribution is -0.274. The standard InChI is InChI=1S/C15H27F3O/c1-3-6-12(2)7-4-8-13-9-5-10-14(19,11-13)15(16,17)18/h12-13,19H,3-11H2,1-2H3/t12-,13-,14+/m0/s1. The Hall–Kier alpha value is -0.250. The number of hydrogen-bond donors (Lipinski definition) is 1. The second-order valence-electron chi connectivity index (χ2n) is 6.32. The molecule has 1 N–H and O–H groups in total. The third-order valence-electron chi connectivity index (χ3n) is 4.45. The zero-order chi connectivity index (χ0) is 14.5. The van der Waals surface area contributed by atoms with Crippen molar-refractivity contribution < 1.29 is 18.3 Å². The first-order chi connectivity index (χ1) is 8.78. The number of rotatable bonds is 6. The maximum atomic E-state index is 12.8. The fraction of sp³-hybridized carbons (Fsp3) is 1.00. The monoisotopic (exact) mass is 280 g/mol. The van der Waals surface area contributed by atoms with Gasteiger partial charge in [0.2, 0.25) is 0 Å². The molecule has 0 radical (unpaired) electrons. The first-order valence-corrected chi connectivity index (χ1v) is 7.57. The van der Waals surface area contributed by atoms with Crippen molar-refractivity contribution in [3.63, 3.8) is 0 Å². The largest absolute Gasteiger partial charge is 0.417 e. The number of halogens is 3. The van der Waals surface area contributed by atoms with Crippen LogP contribution in [0.2, 0.25) is 0 Å². The van der Waals surface area contributed by atoms with E-state index in [4.69, 9.17) is 0 Å². The molecule has 19 heavy (non-hydrogen) atoms. The maximum Gasteiger partial charge on any atom is 0.417 e. The van der Waals surface area contributed by atoms with Crippen LogP contribution in [0.25, 0.3) is 0 Å². The molecule has 1 fully saturated rings. The molecule has 1 aliphatic rings. The lowest BCUT2D eigenvalue weighted by Crippen LogP contribution is -2.48. The third-order valence-corrected chi connectivity index (χ3v) is 4.45. The summed E-state index contributed by atoms with van der Waals surface area (Å²) in [6, 6.07) is 0. The molecule has 1 nitrogen and oxygen atoms in total. The quantitative estimate of drug-likeness (QED) is 0.719. The first kappa shape index (κ1) is 16.8. The minimum Gasteiger partial charge on any atom is -0.380 e. The van der Waals surface area contributed by atoms with Gasteiger partial charge in [0.25, 0.3) is 0 Å². The summed E-state index contributed by atoms with van der Waals surface area (Å²) >= 11 is 0. The van der Waals surface area contributed by atoms with Crippen LogP contribution in [0, 0.1) is 11.8 Å². The lowest BCUT2D eigenvalue weighted by Gasteiger charge is -2.38. The highest BCUT2D eigenvalue weighted by molar-refractivity contribution is 4.92. The SMILES string of the molecule is CCC[C@H](C)CCC[C@H]1CCC[C@](O)(C(F)(F)F)C1. The molecule has 0 aliphatic heterocycles.